The van der Waals surface area contributed by atoms with Crippen molar-refractivity contribution in [2.45, 2.75) is 19.9 Å². The molecule has 0 bridgehead atoms. The topological polar surface area (TPSA) is 88.7 Å². The number of ether oxygens (including phenoxy) is 1. The summed E-state index contributed by atoms with van der Waals surface area (Å²) >= 11 is 0. The first-order chi connectivity index (χ1) is 10.6. The average Bonchev–Trinajstić information content (AvgIpc) is 2.95. The molecule has 0 saturated heterocycles. The second-order valence-electron chi connectivity index (χ2n) is 4.85. The van der Waals surface area contributed by atoms with Crippen LogP contribution in [0.1, 0.15) is 19.2 Å². The molecule has 126 valence electrons. The predicted octanol–water partition coefficient (Wildman–Crippen LogP) is 2.46. The van der Waals surface area contributed by atoms with Gasteiger partial charge in [0.05, 0.1) is 19.6 Å². The van der Waals surface area contributed by atoms with Gasteiger partial charge in [0, 0.05) is 12.1 Å². The molecule has 0 saturated carbocycles. The van der Waals surface area contributed by atoms with E-state index < -0.39 is 5.97 Å². The van der Waals surface area contributed by atoms with Crippen LogP contribution in [0.2, 0.25) is 0 Å². The van der Waals surface area contributed by atoms with Crippen molar-refractivity contribution in [1.29, 1.82) is 0 Å². The van der Waals surface area contributed by atoms with Crippen LogP contribution in [0.5, 0.6) is 5.75 Å². The SMILES string of the molecule is CCOc1ccc(-c2noc(CN(C)CCC(=O)O)n2)cc1.Cl. The summed E-state index contributed by atoms with van der Waals surface area (Å²) < 4.78 is 10.6. The summed E-state index contributed by atoms with van der Waals surface area (Å²) in [4.78, 5) is 16.7. The number of hydrogen-bond donors (Lipinski definition) is 1. The average molecular weight is 342 g/mol. The van der Waals surface area contributed by atoms with Gasteiger partial charge in [-0.25, -0.2) is 0 Å². The zero-order valence-corrected chi connectivity index (χ0v) is 13.9. The molecule has 0 atom stereocenters. The Hall–Kier alpha value is -2.12. The molecule has 1 aromatic heterocycles. The zero-order valence-electron chi connectivity index (χ0n) is 13.1. The Labute approximate surface area is 140 Å². The maximum absolute atomic E-state index is 10.5. The molecule has 7 nitrogen and oxygen atoms in total. The van der Waals surface area contributed by atoms with Crippen molar-refractivity contribution in [1.82, 2.24) is 15.0 Å². The van der Waals surface area contributed by atoms with Crippen molar-refractivity contribution >= 4 is 18.4 Å². The number of rotatable bonds is 8. The molecule has 0 aliphatic rings. The lowest BCUT2D eigenvalue weighted by Gasteiger charge is -2.11. The summed E-state index contributed by atoms with van der Waals surface area (Å²) in [6.45, 7) is 3.39. The van der Waals surface area contributed by atoms with Crippen LogP contribution in [0.4, 0.5) is 0 Å². The molecule has 8 heteroatoms. The Morgan fingerprint density at radius 1 is 1.35 bits per heavy atom. The Morgan fingerprint density at radius 2 is 2.04 bits per heavy atom. The van der Waals surface area contributed by atoms with E-state index in [0.29, 0.717) is 31.4 Å². The van der Waals surface area contributed by atoms with Crippen LogP contribution < -0.4 is 4.74 Å². The summed E-state index contributed by atoms with van der Waals surface area (Å²) in [7, 11) is 1.81. The number of benzene rings is 1. The lowest BCUT2D eigenvalue weighted by atomic mass is 10.2. The minimum Gasteiger partial charge on any atom is -0.494 e. The highest BCUT2D eigenvalue weighted by molar-refractivity contribution is 5.85. The van der Waals surface area contributed by atoms with Crippen LogP contribution in [-0.4, -0.2) is 46.3 Å². The van der Waals surface area contributed by atoms with E-state index in [9.17, 15) is 4.79 Å². The third kappa shape index (κ3) is 5.88. The quantitative estimate of drug-likeness (QED) is 0.788. The van der Waals surface area contributed by atoms with Gasteiger partial charge >= 0.3 is 5.97 Å². The van der Waals surface area contributed by atoms with Crippen molar-refractivity contribution < 1.29 is 19.2 Å². The molecule has 0 fully saturated rings. The molecule has 23 heavy (non-hydrogen) atoms. The van der Waals surface area contributed by atoms with E-state index in [1.807, 2.05) is 43.1 Å². The van der Waals surface area contributed by atoms with Gasteiger partial charge in [0.1, 0.15) is 5.75 Å². The number of aromatic nitrogens is 2. The molecule has 0 spiro atoms. The molecule has 1 heterocycles. The van der Waals surface area contributed by atoms with E-state index in [4.69, 9.17) is 14.4 Å². The fourth-order valence-electron chi connectivity index (χ4n) is 1.90. The molecular formula is C15H20ClN3O4. The van der Waals surface area contributed by atoms with Gasteiger partial charge in [-0.2, -0.15) is 4.98 Å². The van der Waals surface area contributed by atoms with Crippen LogP contribution in [-0.2, 0) is 11.3 Å². The highest BCUT2D eigenvalue weighted by atomic mass is 35.5. The molecule has 1 N–H and O–H groups in total. The van der Waals surface area contributed by atoms with E-state index in [2.05, 4.69) is 10.1 Å². The molecular weight excluding hydrogens is 322 g/mol. The van der Waals surface area contributed by atoms with Gasteiger partial charge in [0.2, 0.25) is 11.7 Å². The lowest BCUT2D eigenvalue weighted by Crippen LogP contribution is -2.21. The lowest BCUT2D eigenvalue weighted by molar-refractivity contribution is -0.137. The van der Waals surface area contributed by atoms with Gasteiger partial charge in [-0.15, -0.1) is 12.4 Å². The normalized spacial score (nSPS) is 10.4. The maximum Gasteiger partial charge on any atom is 0.304 e. The van der Waals surface area contributed by atoms with Crippen molar-refractivity contribution in [3.05, 3.63) is 30.2 Å². The van der Waals surface area contributed by atoms with Gasteiger partial charge in [-0.05, 0) is 38.2 Å². The van der Waals surface area contributed by atoms with Crippen molar-refractivity contribution in [2.75, 3.05) is 20.2 Å². The maximum atomic E-state index is 10.5. The highest BCUT2D eigenvalue weighted by Gasteiger charge is 2.11. The largest absolute Gasteiger partial charge is 0.494 e. The van der Waals surface area contributed by atoms with Crippen LogP contribution in [0, 0.1) is 0 Å². The van der Waals surface area contributed by atoms with E-state index >= 15 is 0 Å². The number of carbonyl (C=O) groups is 1. The molecule has 1 aromatic carbocycles. The van der Waals surface area contributed by atoms with Gasteiger partial charge in [0.15, 0.2) is 0 Å². The van der Waals surface area contributed by atoms with E-state index in [1.165, 1.54) is 0 Å². The van der Waals surface area contributed by atoms with Crippen LogP contribution in [0.15, 0.2) is 28.8 Å². The summed E-state index contributed by atoms with van der Waals surface area (Å²) in [6.07, 6.45) is 0.0797. The van der Waals surface area contributed by atoms with Crippen LogP contribution in [0.25, 0.3) is 11.4 Å². The summed E-state index contributed by atoms with van der Waals surface area (Å²) in [5.74, 6) is 0.928. The fourth-order valence-corrected chi connectivity index (χ4v) is 1.90. The van der Waals surface area contributed by atoms with Crippen molar-refractivity contribution in [2.24, 2.45) is 0 Å². The third-order valence-electron chi connectivity index (χ3n) is 3.00. The molecule has 2 rings (SSSR count). The number of halogens is 1. The number of carboxylic acids is 1. The molecule has 0 amide bonds. The van der Waals surface area contributed by atoms with Gasteiger partial charge in [-0.1, -0.05) is 5.16 Å². The number of hydrogen-bond acceptors (Lipinski definition) is 6. The Morgan fingerprint density at radius 3 is 2.65 bits per heavy atom. The molecule has 0 radical (unpaired) electrons. The Balaban J connectivity index is 0.00000264. The monoisotopic (exact) mass is 341 g/mol. The van der Waals surface area contributed by atoms with Gasteiger partial charge in [-0.3, -0.25) is 9.69 Å². The Bertz CT molecular complexity index is 615. The number of nitrogens with zero attached hydrogens (tertiary/aromatic N) is 3. The van der Waals surface area contributed by atoms with Crippen LogP contribution >= 0.6 is 12.4 Å². The van der Waals surface area contributed by atoms with Gasteiger partial charge in [0.25, 0.3) is 0 Å². The van der Waals surface area contributed by atoms with Crippen molar-refractivity contribution in [3.63, 3.8) is 0 Å². The second-order valence-corrected chi connectivity index (χ2v) is 4.85. The molecule has 2 aromatic rings. The highest BCUT2D eigenvalue weighted by Crippen LogP contribution is 2.20. The fraction of sp³-hybridized carbons (Fsp3) is 0.400. The molecule has 0 aliphatic carbocycles. The molecule has 0 aliphatic heterocycles. The first-order valence-corrected chi connectivity index (χ1v) is 7.04. The third-order valence-corrected chi connectivity index (χ3v) is 3.00. The minimum absolute atomic E-state index is 0. The smallest absolute Gasteiger partial charge is 0.304 e. The molecule has 0 unspecified atom stereocenters. The minimum atomic E-state index is -0.826. The van der Waals surface area contributed by atoms with Crippen molar-refractivity contribution in [3.8, 4) is 17.1 Å². The summed E-state index contributed by atoms with van der Waals surface area (Å²) in [6, 6.07) is 7.45. The summed E-state index contributed by atoms with van der Waals surface area (Å²) in [5.41, 5.74) is 0.839. The van der Waals surface area contributed by atoms with Crippen LogP contribution in [0.3, 0.4) is 0 Å². The van der Waals surface area contributed by atoms with E-state index in [1.54, 1.807) is 0 Å². The number of carboxylic acid groups (broad SMARTS) is 1. The zero-order chi connectivity index (χ0) is 15.9. The first kappa shape index (κ1) is 18.9. The Kier molecular flexibility index (Phi) is 7.50. The van der Waals surface area contributed by atoms with Gasteiger partial charge < -0.3 is 14.4 Å². The predicted molar refractivity (Wildman–Crippen MR) is 86.7 cm³/mol. The first-order valence-electron chi connectivity index (χ1n) is 7.04. The van der Waals surface area contributed by atoms with E-state index in [0.717, 1.165) is 11.3 Å². The second kappa shape index (κ2) is 9.12. The number of aliphatic carboxylic acids is 1. The summed E-state index contributed by atoms with van der Waals surface area (Å²) in [5, 5.41) is 12.6. The standard InChI is InChI=1S/C15H19N3O4.ClH/c1-3-21-12-6-4-11(5-7-12)15-16-13(22-17-15)10-18(2)9-8-14(19)20;/h4-7H,3,8-10H2,1-2H3,(H,19,20);1H. The van der Waals surface area contributed by atoms with E-state index in [-0.39, 0.29) is 18.8 Å².